The van der Waals surface area contributed by atoms with Crippen molar-refractivity contribution in [2.24, 2.45) is 0 Å². The monoisotopic (exact) mass is 229 g/mol. The van der Waals surface area contributed by atoms with Gasteiger partial charge in [0.05, 0.1) is 11.3 Å². The Labute approximate surface area is 88.9 Å². The van der Waals surface area contributed by atoms with Gasteiger partial charge in [-0.3, -0.25) is 4.79 Å². The number of fused-ring (bicyclic) bond motifs is 1. The van der Waals surface area contributed by atoms with Crippen molar-refractivity contribution in [3.63, 3.8) is 0 Å². The molecule has 0 radical (unpaired) electrons. The third kappa shape index (κ3) is 1.58. The summed E-state index contributed by atoms with van der Waals surface area (Å²) in [6.07, 6.45) is 0. The zero-order chi connectivity index (χ0) is 10.1. The summed E-state index contributed by atoms with van der Waals surface area (Å²) in [5.41, 5.74) is 0.0618. The Morgan fingerprint density at radius 2 is 2.14 bits per heavy atom. The van der Waals surface area contributed by atoms with E-state index < -0.39 is 0 Å². The summed E-state index contributed by atoms with van der Waals surface area (Å²) in [6.45, 7) is 0. The van der Waals surface area contributed by atoms with E-state index in [9.17, 15) is 4.79 Å². The third-order valence-electron chi connectivity index (χ3n) is 1.71. The number of rotatable bonds is 1. The highest BCUT2D eigenvalue weighted by Crippen LogP contribution is 2.10. The maximum atomic E-state index is 11.4. The first-order valence-electron chi connectivity index (χ1n) is 3.82. The highest BCUT2D eigenvalue weighted by Gasteiger charge is 2.04. The Balaban J connectivity index is 2.84. The van der Waals surface area contributed by atoms with Gasteiger partial charge in [0.1, 0.15) is 11.0 Å². The van der Waals surface area contributed by atoms with Crippen molar-refractivity contribution in [3.8, 4) is 0 Å². The van der Waals surface area contributed by atoms with Gasteiger partial charge in [0.2, 0.25) is 0 Å². The van der Waals surface area contributed by atoms with Crippen LogP contribution in [-0.4, -0.2) is 15.0 Å². The number of nitrogens with one attached hydrogen (secondary N) is 1. The molecule has 0 saturated heterocycles. The molecule has 1 N–H and O–H groups in total. The molecule has 2 aromatic heterocycles. The van der Waals surface area contributed by atoms with Crippen molar-refractivity contribution in [2.75, 3.05) is 0 Å². The van der Waals surface area contributed by atoms with E-state index in [0.717, 1.165) is 0 Å². The van der Waals surface area contributed by atoms with Gasteiger partial charge >= 0.3 is 0 Å². The van der Waals surface area contributed by atoms with Crippen LogP contribution in [0.15, 0.2) is 16.9 Å². The molecule has 0 aliphatic carbocycles. The van der Waals surface area contributed by atoms with Crippen molar-refractivity contribution in [3.05, 3.63) is 33.5 Å². The summed E-state index contributed by atoms with van der Waals surface area (Å²) in [4.78, 5) is 21.9. The molecule has 2 aromatic rings. The molecule has 72 valence electrons. The average Bonchev–Trinajstić information content (AvgIpc) is 2.16. The molecular formula is C8H5Cl2N3O. The Morgan fingerprint density at radius 3 is 2.86 bits per heavy atom. The van der Waals surface area contributed by atoms with Crippen LogP contribution in [0.4, 0.5) is 0 Å². The minimum atomic E-state index is -0.255. The number of H-pyrrole nitrogens is 1. The van der Waals surface area contributed by atoms with Gasteiger partial charge in [-0.2, -0.15) is 0 Å². The Kier molecular flexibility index (Phi) is 2.39. The van der Waals surface area contributed by atoms with Gasteiger partial charge in [0.25, 0.3) is 5.56 Å². The van der Waals surface area contributed by atoms with Crippen molar-refractivity contribution in [1.82, 2.24) is 15.0 Å². The summed E-state index contributed by atoms with van der Waals surface area (Å²) in [6, 6.07) is 3.12. The number of hydrogen-bond donors (Lipinski definition) is 1. The molecule has 0 fully saturated rings. The summed E-state index contributed by atoms with van der Waals surface area (Å²) in [5, 5.41) is 0.708. The zero-order valence-corrected chi connectivity index (χ0v) is 8.43. The lowest BCUT2D eigenvalue weighted by Crippen LogP contribution is -2.11. The molecule has 0 atom stereocenters. The van der Waals surface area contributed by atoms with E-state index in [2.05, 4.69) is 15.0 Å². The lowest BCUT2D eigenvalue weighted by molar-refractivity contribution is 1.02. The quantitative estimate of drug-likeness (QED) is 0.599. The standard InChI is InChI=1S/C8H5Cl2N3O/c9-3-6-12-7-4(8(14)13-6)1-2-5(10)11-7/h1-2H,3H2,(H,11,12,13,14). The number of nitrogens with zero attached hydrogens (tertiary/aromatic N) is 2. The first-order chi connectivity index (χ1) is 6.70. The molecule has 6 heteroatoms. The summed E-state index contributed by atoms with van der Waals surface area (Å²) in [7, 11) is 0. The molecule has 4 nitrogen and oxygen atoms in total. The molecule has 2 heterocycles. The molecular weight excluding hydrogens is 225 g/mol. The molecule has 2 rings (SSSR count). The van der Waals surface area contributed by atoms with E-state index >= 15 is 0 Å². The fourth-order valence-electron chi connectivity index (χ4n) is 1.11. The zero-order valence-electron chi connectivity index (χ0n) is 6.92. The smallest absolute Gasteiger partial charge is 0.260 e. The number of pyridine rings is 1. The molecule has 0 bridgehead atoms. The summed E-state index contributed by atoms with van der Waals surface area (Å²) in [5.74, 6) is 0.526. The predicted octanol–water partition coefficient (Wildman–Crippen LogP) is 1.71. The molecule has 0 spiro atoms. The second-order valence-corrected chi connectivity index (χ2v) is 3.31. The molecule has 0 saturated carbocycles. The van der Waals surface area contributed by atoms with E-state index in [1.807, 2.05) is 0 Å². The van der Waals surface area contributed by atoms with E-state index in [1.54, 1.807) is 12.1 Å². The average molecular weight is 230 g/mol. The number of aromatic amines is 1. The highest BCUT2D eigenvalue weighted by atomic mass is 35.5. The van der Waals surface area contributed by atoms with E-state index in [1.165, 1.54) is 0 Å². The van der Waals surface area contributed by atoms with Crippen LogP contribution >= 0.6 is 23.2 Å². The predicted molar refractivity (Wildman–Crippen MR) is 54.7 cm³/mol. The minimum absolute atomic E-state index is 0.138. The molecule has 14 heavy (non-hydrogen) atoms. The molecule has 0 aliphatic heterocycles. The maximum absolute atomic E-state index is 11.4. The Bertz CT molecular complexity index is 538. The minimum Gasteiger partial charge on any atom is -0.309 e. The fourth-order valence-corrected chi connectivity index (χ4v) is 1.37. The molecule has 0 amide bonds. The first-order valence-corrected chi connectivity index (χ1v) is 4.73. The first kappa shape index (κ1) is 9.43. The van der Waals surface area contributed by atoms with Crippen LogP contribution in [0.1, 0.15) is 5.82 Å². The van der Waals surface area contributed by atoms with Crippen molar-refractivity contribution in [2.45, 2.75) is 5.88 Å². The van der Waals surface area contributed by atoms with Crippen LogP contribution in [0.3, 0.4) is 0 Å². The van der Waals surface area contributed by atoms with Crippen molar-refractivity contribution < 1.29 is 0 Å². The van der Waals surface area contributed by atoms with E-state index in [-0.39, 0.29) is 11.4 Å². The summed E-state index contributed by atoms with van der Waals surface area (Å²) >= 11 is 11.2. The van der Waals surface area contributed by atoms with Crippen LogP contribution in [0.5, 0.6) is 0 Å². The van der Waals surface area contributed by atoms with Crippen LogP contribution in [0.2, 0.25) is 5.15 Å². The molecule has 0 unspecified atom stereocenters. The SMILES string of the molecule is O=c1[nH]c(CCl)nc2nc(Cl)ccc12. The van der Waals surface area contributed by atoms with Crippen molar-refractivity contribution >= 4 is 34.2 Å². The molecule has 0 aromatic carbocycles. The second kappa shape index (κ2) is 3.55. The van der Waals surface area contributed by atoms with Crippen LogP contribution in [0, 0.1) is 0 Å². The van der Waals surface area contributed by atoms with Gasteiger partial charge in [-0.1, -0.05) is 11.6 Å². The number of aromatic nitrogens is 3. The van der Waals surface area contributed by atoms with E-state index in [4.69, 9.17) is 23.2 Å². The Morgan fingerprint density at radius 1 is 1.36 bits per heavy atom. The van der Waals surface area contributed by atoms with Crippen LogP contribution < -0.4 is 5.56 Å². The molecule has 0 aliphatic rings. The normalized spacial score (nSPS) is 10.7. The van der Waals surface area contributed by atoms with Gasteiger partial charge in [0.15, 0.2) is 5.65 Å². The van der Waals surface area contributed by atoms with E-state index in [0.29, 0.717) is 22.0 Å². The maximum Gasteiger partial charge on any atom is 0.260 e. The van der Waals surface area contributed by atoms with Gasteiger partial charge in [0, 0.05) is 0 Å². The largest absolute Gasteiger partial charge is 0.309 e. The number of hydrogen-bond acceptors (Lipinski definition) is 3. The fraction of sp³-hybridized carbons (Fsp3) is 0.125. The third-order valence-corrected chi connectivity index (χ3v) is 2.17. The number of halogens is 2. The summed E-state index contributed by atoms with van der Waals surface area (Å²) < 4.78 is 0. The van der Waals surface area contributed by atoms with Gasteiger partial charge < -0.3 is 4.98 Å². The Hall–Kier alpha value is -1.13. The topological polar surface area (TPSA) is 58.6 Å². The van der Waals surface area contributed by atoms with Gasteiger partial charge in [-0.05, 0) is 12.1 Å². The number of alkyl halides is 1. The van der Waals surface area contributed by atoms with Gasteiger partial charge in [-0.15, -0.1) is 11.6 Å². The highest BCUT2D eigenvalue weighted by molar-refractivity contribution is 6.29. The lowest BCUT2D eigenvalue weighted by Gasteiger charge is -1.98. The van der Waals surface area contributed by atoms with Crippen molar-refractivity contribution in [1.29, 1.82) is 0 Å². The lowest BCUT2D eigenvalue weighted by atomic mass is 10.3. The van der Waals surface area contributed by atoms with Crippen LogP contribution in [-0.2, 0) is 5.88 Å². The second-order valence-electron chi connectivity index (χ2n) is 2.65. The van der Waals surface area contributed by atoms with Gasteiger partial charge in [-0.25, -0.2) is 9.97 Å². The van der Waals surface area contributed by atoms with Crippen LogP contribution in [0.25, 0.3) is 11.0 Å².